The lowest BCUT2D eigenvalue weighted by molar-refractivity contribution is 0.110. The van der Waals surface area contributed by atoms with Crippen molar-refractivity contribution in [2.24, 2.45) is 0 Å². The van der Waals surface area contributed by atoms with Crippen molar-refractivity contribution in [2.75, 3.05) is 13.1 Å². The second-order valence-corrected chi connectivity index (χ2v) is 5.56. The van der Waals surface area contributed by atoms with Gasteiger partial charge in [0.1, 0.15) is 0 Å². The fraction of sp³-hybridized carbons (Fsp3) is 0.667. The number of aryl methyl sites for hydroxylation is 1. The van der Waals surface area contributed by atoms with Crippen molar-refractivity contribution in [3.63, 3.8) is 0 Å². The Labute approximate surface area is 108 Å². The van der Waals surface area contributed by atoms with E-state index < -0.39 is 0 Å². The van der Waals surface area contributed by atoms with Crippen LogP contribution in [0, 0.1) is 6.92 Å². The summed E-state index contributed by atoms with van der Waals surface area (Å²) in [6.45, 7) is 10.2. The molecule has 92 valence electrons. The molecule has 1 fully saturated rings. The van der Waals surface area contributed by atoms with Crippen LogP contribution in [-0.2, 0) is 6.54 Å². The predicted octanol–water partition coefficient (Wildman–Crippen LogP) is 2.66. The smallest absolute Gasteiger partial charge is 0.0337 e. The molecule has 2 atom stereocenters. The summed E-state index contributed by atoms with van der Waals surface area (Å²) in [5.41, 5.74) is 1.44. The van der Waals surface area contributed by atoms with Crippen LogP contribution in [0.1, 0.15) is 24.3 Å². The Morgan fingerprint density at radius 1 is 1.38 bits per heavy atom. The highest BCUT2D eigenvalue weighted by atomic mass is 35.5. The van der Waals surface area contributed by atoms with Gasteiger partial charge in [0.15, 0.2) is 0 Å². The summed E-state index contributed by atoms with van der Waals surface area (Å²) in [6, 6.07) is 3.52. The quantitative estimate of drug-likeness (QED) is 0.880. The molecule has 0 bridgehead atoms. The van der Waals surface area contributed by atoms with Crippen LogP contribution < -0.4 is 5.32 Å². The van der Waals surface area contributed by atoms with E-state index in [9.17, 15) is 0 Å². The molecule has 1 N–H and O–H groups in total. The largest absolute Gasteiger partial charge is 0.314 e. The average molecular weight is 261 g/mol. The highest BCUT2D eigenvalue weighted by Gasteiger charge is 2.24. The Hall–Kier alpha value is -0.0900. The molecule has 1 aliphatic heterocycles. The first-order valence-corrected chi connectivity index (χ1v) is 6.56. The maximum absolute atomic E-state index is 3.47. The van der Waals surface area contributed by atoms with Gasteiger partial charge >= 0.3 is 0 Å². The molecule has 0 aromatic carbocycles. The van der Waals surface area contributed by atoms with Gasteiger partial charge in [0.05, 0.1) is 0 Å². The van der Waals surface area contributed by atoms with Crippen LogP contribution in [-0.4, -0.2) is 30.1 Å². The van der Waals surface area contributed by atoms with E-state index in [1.54, 1.807) is 0 Å². The van der Waals surface area contributed by atoms with E-state index in [1.807, 2.05) is 11.3 Å². The van der Waals surface area contributed by atoms with Gasteiger partial charge in [-0.1, -0.05) is 0 Å². The van der Waals surface area contributed by atoms with Crippen molar-refractivity contribution in [3.05, 3.63) is 21.9 Å². The number of rotatable bonds is 2. The molecule has 1 aliphatic rings. The van der Waals surface area contributed by atoms with E-state index in [0.717, 1.165) is 19.6 Å². The number of hydrogen-bond donors (Lipinski definition) is 1. The molecule has 4 heteroatoms. The third kappa shape index (κ3) is 2.98. The second kappa shape index (κ2) is 6.01. The molecule has 2 nitrogen and oxygen atoms in total. The minimum Gasteiger partial charge on any atom is -0.314 e. The Bertz CT molecular complexity index is 317. The molecule has 0 saturated carbocycles. The fourth-order valence-electron chi connectivity index (χ4n) is 2.21. The Morgan fingerprint density at radius 3 is 2.50 bits per heavy atom. The highest BCUT2D eigenvalue weighted by Crippen LogP contribution is 2.21. The zero-order chi connectivity index (χ0) is 10.8. The normalized spacial score (nSPS) is 26.4. The summed E-state index contributed by atoms with van der Waals surface area (Å²) < 4.78 is 0. The van der Waals surface area contributed by atoms with Crippen LogP contribution in [0.2, 0.25) is 0 Å². The van der Waals surface area contributed by atoms with Gasteiger partial charge in [-0.05, 0) is 37.8 Å². The minimum atomic E-state index is 0. The van der Waals surface area contributed by atoms with Crippen LogP contribution in [0.25, 0.3) is 0 Å². The average Bonchev–Trinajstić information content (AvgIpc) is 2.58. The van der Waals surface area contributed by atoms with Gasteiger partial charge in [-0.3, -0.25) is 4.90 Å². The van der Waals surface area contributed by atoms with E-state index in [1.165, 1.54) is 10.4 Å². The summed E-state index contributed by atoms with van der Waals surface area (Å²) in [4.78, 5) is 4.13. The van der Waals surface area contributed by atoms with Crippen molar-refractivity contribution in [1.29, 1.82) is 0 Å². The van der Waals surface area contributed by atoms with E-state index in [-0.39, 0.29) is 12.4 Å². The van der Waals surface area contributed by atoms with Gasteiger partial charge in [-0.2, -0.15) is 0 Å². The van der Waals surface area contributed by atoms with Crippen molar-refractivity contribution in [3.8, 4) is 0 Å². The summed E-state index contributed by atoms with van der Waals surface area (Å²) in [5.74, 6) is 0. The topological polar surface area (TPSA) is 15.3 Å². The lowest BCUT2D eigenvalue weighted by atomic mass is 10.1. The zero-order valence-electron chi connectivity index (χ0n) is 10.2. The van der Waals surface area contributed by atoms with E-state index >= 15 is 0 Å². The molecule has 16 heavy (non-hydrogen) atoms. The van der Waals surface area contributed by atoms with Gasteiger partial charge in [-0.25, -0.2) is 0 Å². The standard InChI is InChI=1S/C12H20N2S.ClH/c1-9-4-5-15-12(9)8-14-10(2)6-13-7-11(14)3;/h4-5,10-11,13H,6-8H2,1-3H3;1H/t10-,11+;. The Balaban J connectivity index is 0.00000128. The lowest BCUT2D eigenvalue weighted by Gasteiger charge is -2.39. The van der Waals surface area contributed by atoms with Gasteiger partial charge in [0, 0.05) is 36.6 Å². The number of hydrogen-bond acceptors (Lipinski definition) is 3. The van der Waals surface area contributed by atoms with E-state index in [0.29, 0.717) is 12.1 Å². The van der Waals surface area contributed by atoms with Crippen molar-refractivity contribution in [1.82, 2.24) is 10.2 Å². The van der Waals surface area contributed by atoms with Gasteiger partial charge in [0.25, 0.3) is 0 Å². The number of halogens is 1. The molecule has 1 saturated heterocycles. The highest BCUT2D eigenvalue weighted by molar-refractivity contribution is 7.10. The van der Waals surface area contributed by atoms with Crippen LogP contribution in [0.4, 0.5) is 0 Å². The van der Waals surface area contributed by atoms with Crippen LogP contribution in [0.15, 0.2) is 11.4 Å². The number of nitrogens with zero attached hydrogens (tertiary/aromatic N) is 1. The monoisotopic (exact) mass is 260 g/mol. The Morgan fingerprint density at radius 2 is 2.00 bits per heavy atom. The molecule has 0 radical (unpaired) electrons. The molecule has 2 heterocycles. The molecule has 0 unspecified atom stereocenters. The molecule has 1 aromatic rings. The number of nitrogens with one attached hydrogen (secondary N) is 1. The molecular formula is C12H21ClN2S. The number of piperazine rings is 1. The molecule has 2 rings (SSSR count). The van der Waals surface area contributed by atoms with Crippen LogP contribution in [0.5, 0.6) is 0 Å². The van der Waals surface area contributed by atoms with E-state index in [4.69, 9.17) is 0 Å². The van der Waals surface area contributed by atoms with Crippen molar-refractivity contribution in [2.45, 2.75) is 39.4 Å². The zero-order valence-corrected chi connectivity index (χ0v) is 11.8. The number of thiophene rings is 1. The maximum atomic E-state index is 3.47. The lowest BCUT2D eigenvalue weighted by Crippen LogP contribution is -2.54. The fourth-order valence-corrected chi connectivity index (χ4v) is 3.13. The first-order chi connectivity index (χ1) is 7.18. The van der Waals surface area contributed by atoms with Crippen LogP contribution in [0.3, 0.4) is 0 Å². The summed E-state index contributed by atoms with van der Waals surface area (Å²) in [7, 11) is 0. The molecule has 0 aliphatic carbocycles. The van der Waals surface area contributed by atoms with Gasteiger partial charge in [0.2, 0.25) is 0 Å². The first kappa shape index (κ1) is 14.0. The van der Waals surface area contributed by atoms with Crippen molar-refractivity contribution >= 4 is 23.7 Å². The predicted molar refractivity (Wildman–Crippen MR) is 73.6 cm³/mol. The molecule has 0 amide bonds. The second-order valence-electron chi connectivity index (χ2n) is 4.56. The van der Waals surface area contributed by atoms with Crippen LogP contribution >= 0.6 is 23.7 Å². The molecule has 1 aromatic heterocycles. The minimum absolute atomic E-state index is 0. The van der Waals surface area contributed by atoms with Crippen molar-refractivity contribution < 1.29 is 0 Å². The van der Waals surface area contributed by atoms with Gasteiger partial charge in [-0.15, -0.1) is 23.7 Å². The summed E-state index contributed by atoms with van der Waals surface area (Å²) in [5, 5.41) is 5.67. The summed E-state index contributed by atoms with van der Waals surface area (Å²) in [6.07, 6.45) is 0. The molecular weight excluding hydrogens is 240 g/mol. The Kier molecular flexibility index (Phi) is 5.25. The molecule has 0 spiro atoms. The SMILES string of the molecule is Cc1ccsc1CN1[C@H](C)CNC[C@@H]1C.Cl. The maximum Gasteiger partial charge on any atom is 0.0337 e. The third-order valence-electron chi connectivity index (χ3n) is 3.31. The van der Waals surface area contributed by atoms with E-state index in [2.05, 4.69) is 42.4 Å². The summed E-state index contributed by atoms with van der Waals surface area (Å²) >= 11 is 1.89. The first-order valence-electron chi connectivity index (χ1n) is 5.68. The third-order valence-corrected chi connectivity index (χ3v) is 4.31. The van der Waals surface area contributed by atoms with Gasteiger partial charge < -0.3 is 5.32 Å².